The first kappa shape index (κ1) is 18.5. The number of nitro benzene ring substituents is 1. The molecule has 0 fully saturated rings. The average Bonchev–Trinajstić information content (AvgIpc) is 2.58. The summed E-state index contributed by atoms with van der Waals surface area (Å²) >= 11 is 0. The molecule has 0 radical (unpaired) electrons. The number of non-ortho nitro benzene ring substituents is 1. The van der Waals surface area contributed by atoms with Gasteiger partial charge >= 0.3 is 6.18 Å². The zero-order valence-corrected chi connectivity index (χ0v) is 12.5. The Kier molecular flexibility index (Phi) is 5.49. The third-order valence-electron chi connectivity index (χ3n) is 3.31. The highest BCUT2D eigenvalue weighted by Gasteiger charge is 2.33. The number of anilines is 1. The summed E-state index contributed by atoms with van der Waals surface area (Å²) in [5, 5.41) is 39.2. The van der Waals surface area contributed by atoms with Crippen molar-refractivity contribution in [1.82, 2.24) is 10.2 Å². The molecule has 134 valence electrons. The summed E-state index contributed by atoms with van der Waals surface area (Å²) in [6, 6.07) is 5.71. The number of hydrogen-bond acceptors (Lipinski definition) is 7. The first-order chi connectivity index (χ1) is 11.7. The summed E-state index contributed by atoms with van der Waals surface area (Å²) in [7, 11) is 0. The van der Waals surface area contributed by atoms with E-state index in [2.05, 4.69) is 15.5 Å². The molecule has 0 spiro atoms. The fourth-order valence-electron chi connectivity index (χ4n) is 2.00. The molecular formula is C14H13F3N4O4. The number of aliphatic hydroxyl groups is 2. The van der Waals surface area contributed by atoms with Gasteiger partial charge in [0.15, 0.2) is 5.69 Å². The molecule has 0 aliphatic carbocycles. The molecule has 0 amide bonds. The Balaban J connectivity index is 2.12. The maximum absolute atomic E-state index is 12.4. The lowest BCUT2D eigenvalue weighted by atomic mass is 10.0. The van der Waals surface area contributed by atoms with Crippen LogP contribution < -0.4 is 5.32 Å². The molecule has 1 aromatic heterocycles. The third kappa shape index (κ3) is 4.61. The van der Waals surface area contributed by atoms with Gasteiger partial charge in [0, 0.05) is 12.1 Å². The normalized spacial score (nSPS) is 14.0. The van der Waals surface area contributed by atoms with Crippen LogP contribution in [0.25, 0.3) is 0 Å². The van der Waals surface area contributed by atoms with Gasteiger partial charge in [-0.1, -0.05) is 0 Å². The number of hydrogen-bond donors (Lipinski definition) is 3. The van der Waals surface area contributed by atoms with E-state index in [9.17, 15) is 33.5 Å². The Hall–Kier alpha value is -2.79. The molecule has 1 heterocycles. The summed E-state index contributed by atoms with van der Waals surface area (Å²) in [6.45, 7) is -0.569. The molecule has 11 heteroatoms. The number of nitro groups is 1. The molecule has 2 aromatic rings. The second kappa shape index (κ2) is 7.40. The van der Waals surface area contributed by atoms with Crippen LogP contribution in [0.15, 0.2) is 36.4 Å². The van der Waals surface area contributed by atoms with Crippen LogP contribution in [0.3, 0.4) is 0 Å². The van der Waals surface area contributed by atoms with Crippen LogP contribution >= 0.6 is 0 Å². The fraction of sp³-hybridized carbons (Fsp3) is 0.286. The molecule has 0 aliphatic heterocycles. The number of halogens is 3. The molecule has 25 heavy (non-hydrogen) atoms. The molecule has 2 rings (SSSR count). The van der Waals surface area contributed by atoms with Crippen LogP contribution in [0.4, 0.5) is 24.7 Å². The van der Waals surface area contributed by atoms with Crippen molar-refractivity contribution >= 4 is 11.5 Å². The number of benzene rings is 1. The average molecular weight is 358 g/mol. The minimum Gasteiger partial charge on any atom is -0.394 e. The molecule has 2 unspecified atom stereocenters. The number of alkyl halides is 3. The Bertz CT molecular complexity index is 722. The lowest BCUT2D eigenvalue weighted by Crippen LogP contribution is -2.31. The molecule has 1 aromatic carbocycles. The van der Waals surface area contributed by atoms with E-state index >= 15 is 0 Å². The Labute approximate surface area is 139 Å². The van der Waals surface area contributed by atoms with Crippen molar-refractivity contribution in [1.29, 1.82) is 0 Å². The topological polar surface area (TPSA) is 121 Å². The second-order valence-corrected chi connectivity index (χ2v) is 5.03. The molecule has 0 saturated heterocycles. The number of rotatable bonds is 6. The second-order valence-electron chi connectivity index (χ2n) is 5.03. The quantitative estimate of drug-likeness (QED) is 0.533. The zero-order chi connectivity index (χ0) is 18.6. The van der Waals surface area contributed by atoms with Gasteiger partial charge in [-0.05, 0) is 29.8 Å². The van der Waals surface area contributed by atoms with Gasteiger partial charge in [-0.15, -0.1) is 10.2 Å². The maximum Gasteiger partial charge on any atom is 0.435 e. The summed E-state index contributed by atoms with van der Waals surface area (Å²) in [5.74, 6) is -0.0759. The first-order valence-corrected chi connectivity index (χ1v) is 6.93. The van der Waals surface area contributed by atoms with Crippen LogP contribution in [0.2, 0.25) is 0 Å². The summed E-state index contributed by atoms with van der Waals surface area (Å²) in [6.07, 6.45) is -5.91. The highest BCUT2D eigenvalue weighted by Crippen LogP contribution is 2.27. The molecule has 8 nitrogen and oxygen atoms in total. The van der Waals surface area contributed by atoms with Gasteiger partial charge in [0.25, 0.3) is 5.69 Å². The van der Waals surface area contributed by atoms with Crippen molar-refractivity contribution in [2.45, 2.75) is 18.3 Å². The Morgan fingerprint density at radius 1 is 1.16 bits per heavy atom. The van der Waals surface area contributed by atoms with E-state index in [1.54, 1.807) is 0 Å². The predicted octanol–water partition coefficient (Wildman–Crippen LogP) is 1.91. The smallest absolute Gasteiger partial charge is 0.394 e. The first-order valence-electron chi connectivity index (χ1n) is 6.93. The lowest BCUT2D eigenvalue weighted by Gasteiger charge is -2.22. The predicted molar refractivity (Wildman–Crippen MR) is 79.6 cm³/mol. The summed E-state index contributed by atoms with van der Waals surface area (Å²) in [4.78, 5) is 10.0. The van der Waals surface area contributed by atoms with E-state index in [1.807, 2.05) is 0 Å². The van der Waals surface area contributed by atoms with Gasteiger partial charge in [0.1, 0.15) is 11.9 Å². The minimum absolute atomic E-state index is 0.0759. The molecule has 0 saturated carbocycles. The zero-order valence-electron chi connectivity index (χ0n) is 12.5. The van der Waals surface area contributed by atoms with Crippen LogP contribution in [-0.2, 0) is 6.18 Å². The fourth-order valence-corrected chi connectivity index (χ4v) is 2.00. The Morgan fingerprint density at radius 3 is 2.24 bits per heavy atom. The van der Waals surface area contributed by atoms with Crippen molar-refractivity contribution in [2.75, 3.05) is 11.9 Å². The van der Waals surface area contributed by atoms with Gasteiger partial charge in [-0.25, -0.2) is 0 Å². The summed E-state index contributed by atoms with van der Waals surface area (Å²) in [5.41, 5.74) is -1.07. The van der Waals surface area contributed by atoms with E-state index in [0.29, 0.717) is 6.07 Å². The SMILES string of the molecule is O=[N+]([O-])c1ccc(C(O)C(CO)Nc2ccc(C(F)(F)F)nn2)cc1. The van der Waals surface area contributed by atoms with Crippen molar-refractivity contribution in [3.05, 3.63) is 57.8 Å². The van der Waals surface area contributed by atoms with Gasteiger partial charge in [0.2, 0.25) is 0 Å². The van der Waals surface area contributed by atoms with Crippen molar-refractivity contribution in [2.24, 2.45) is 0 Å². The summed E-state index contributed by atoms with van der Waals surface area (Å²) < 4.78 is 37.3. The highest BCUT2D eigenvalue weighted by molar-refractivity contribution is 5.38. The van der Waals surface area contributed by atoms with E-state index < -0.39 is 35.5 Å². The van der Waals surface area contributed by atoms with Gasteiger partial charge in [0.05, 0.1) is 17.6 Å². The van der Waals surface area contributed by atoms with Crippen LogP contribution in [0.5, 0.6) is 0 Å². The van der Waals surface area contributed by atoms with Crippen molar-refractivity contribution in [3.63, 3.8) is 0 Å². The van der Waals surface area contributed by atoms with Crippen LogP contribution in [0.1, 0.15) is 17.4 Å². The third-order valence-corrected chi connectivity index (χ3v) is 3.31. The number of aliphatic hydroxyl groups excluding tert-OH is 2. The van der Waals surface area contributed by atoms with Gasteiger partial charge in [-0.2, -0.15) is 13.2 Å². The highest BCUT2D eigenvalue weighted by atomic mass is 19.4. The van der Waals surface area contributed by atoms with Crippen LogP contribution in [0, 0.1) is 10.1 Å². The number of aromatic nitrogens is 2. The number of nitrogens with zero attached hydrogens (tertiary/aromatic N) is 3. The van der Waals surface area contributed by atoms with E-state index in [4.69, 9.17) is 0 Å². The van der Waals surface area contributed by atoms with Crippen molar-refractivity contribution < 1.29 is 28.3 Å². The maximum atomic E-state index is 12.4. The molecule has 0 aliphatic rings. The Morgan fingerprint density at radius 2 is 1.80 bits per heavy atom. The molecule has 0 bridgehead atoms. The molecule has 2 atom stereocenters. The van der Waals surface area contributed by atoms with Gasteiger partial charge < -0.3 is 15.5 Å². The molecular weight excluding hydrogens is 345 g/mol. The lowest BCUT2D eigenvalue weighted by molar-refractivity contribution is -0.384. The minimum atomic E-state index is -4.62. The number of nitrogens with one attached hydrogen (secondary N) is 1. The van der Waals surface area contributed by atoms with Crippen molar-refractivity contribution in [3.8, 4) is 0 Å². The standard InChI is InChI=1S/C14H13F3N4O4/c15-14(16,17)11-5-6-12(20-19-11)18-10(7-22)13(23)8-1-3-9(4-2-8)21(24)25/h1-6,10,13,22-23H,7H2,(H,18,20). The van der Waals surface area contributed by atoms with E-state index in [0.717, 1.165) is 6.07 Å². The van der Waals surface area contributed by atoms with Crippen LogP contribution in [-0.4, -0.2) is 38.0 Å². The largest absolute Gasteiger partial charge is 0.435 e. The van der Waals surface area contributed by atoms with E-state index in [-0.39, 0.29) is 17.1 Å². The van der Waals surface area contributed by atoms with Gasteiger partial charge in [-0.3, -0.25) is 10.1 Å². The monoisotopic (exact) mass is 358 g/mol. The van der Waals surface area contributed by atoms with E-state index in [1.165, 1.54) is 24.3 Å². The molecule has 3 N–H and O–H groups in total.